The Morgan fingerprint density at radius 2 is 1.50 bits per heavy atom. The van der Waals surface area contributed by atoms with E-state index in [1.807, 2.05) is 13.8 Å². The molecule has 0 saturated carbocycles. The van der Waals surface area contributed by atoms with Crippen LogP contribution in [-0.2, 0) is 0 Å². The van der Waals surface area contributed by atoms with Crippen LogP contribution in [0, 0.1) is 11.6 Å². The number of aliphatic hydroxyl groups excluding tert-OH is 1. The van der Waals surface area contributed by atoms with Crippen molar-refractivity contribution in [2.45, 2.75) is 26.1 Å². The molecule has 0 aliphatic heterocycles. The Morgan fingerprint density at radius 3 is 2.00 bits per heavy atom. The van der Waals surface area contributed by atoms with Crippen molar-refractivity contribution in [3.8, 4) is 5.75 Å². The van der Waals surface area contributed by atoms with Gasteiger partial charge in [0.15, 0.2) is 0 Å². The van der Waals surface area contributed by atoms with Gasteiger partial charge in [0.1, 0.15) is 23.5 Å². The fourth-order valence-corrected chi connectivity index (χ4v) is 1.94. The van der Waals surface area contributed by atoms with E-state index in [0.29, 0.717) is 11.3 Å². The molecular formula is C16H16F2O2. The first-order chi connectivity index (χ1) is 9.49. The predicted molar refractivity (Wildman–Crippen MR) is 72.6 cm³/mol. The van der Waals surface area contributed by atoms with Gasteiger partial charge in [-0.3, -0.25) is 0 Å². The van der Waals surface area contributed by atoms with E-state index in [0.717, 1.165) is 12.1 Å². The van der Waals surface area contributed by atoms with Gasteiger partial charge in [0.05, 0.1) is 11.7 Å². The lowest BCUT2D eigenvalue weighted by molar-refractivity contribution is 0.208. The first kappa shape index (κ1) is 14.5. The summed E-state index contributed by atoms with van der Waals surface area (Å²) in [5.74, 6) is -0.884. The second kappa shape index (κ2) is 6.01. The van der Waals surface area contributed by atoms with Crippen molar-refractivity contribution in [1.82, 2.24) is 0 Å². The number of halogens is 2. The molecule has 2 nitrogen and oxygen atoms in total. The van der Waals surface area contributed by atoms with Gasteiger partial charge in [-0.25, -0.2) is 8.78 Å². The van der Waals surface area contributed by atoms with Gasteiger partial charge in [-0.1, -0.05) is 18.2 Å². The Morgan fingerprint density at radius 1 is 0.950 bits per heavy atom. The van der Waals surface area contributed by atoms with Crippen LogP contribution >= 0.6 is 0 Å². The molecule has 0 fully saturated rings. The molecule has 2 rings (SSSR count). The van der Waals surface area contributed by atoms with Crippen LogP contribution in [0.1, 0.15) is 31.1 Å². The standard InChI is InChI=1S/C16H16F2O2/c1-10(2)20-12-8-6-11(7-9-12)16(19)15-13(17)4-3-5-14(15)18/h3-10,16,19H,1-2H3. The van der Waals surface area contributed by atoms with Crippen molar-refractivity contribution in [2.24, 2.45) is 0 Å². The molecule has 0 aliphatic carbocycles. The largest absolute Gasteiger partial charge is 0.491 e. The van der Waals surface area contributed by atoms with Crippen molar-refractivity contribution >= 4 is 0 Å². The monoisotopic (exact) mass is 278 g/mol. The maximum Gasteiger partial charge on any atom is 0.132 e. The summed E-state index contributed by atoms with van der Waals surface area (Å²) in [6, 6.07) is 10.0. The van der Waals surface area contributed by atoms with Gasteiger partial charge in [0.2, 0.25) is 0 Å². The number of hydrogen-bond acceptors (Lipinski definition) is 2. The van der Waals surface area contributed by atoms with E-state index in [2.05, 4.69) is 0 Å². The zero-order chi connectivity index (χ0) is 14.7. The molecule has 0 spiro atoms. The van der Waals surface area contributed by atoms with Crippen molar-refractivity contribution in [2.75, 3.05) is 0 Å². The Kier molecular flexibility index (Phi) is 4.35. The summed E-state index contributed by atoms with van der Waals surface area (Å²) < 4.78 is 32.7. The van der Waals surface area contributed by atoms with Crippen molar-refractivity contribution < 1.29 is 18.6 Å². The normalized spacial score (nSPS) is 12.5. The third kappa shape index (κ3) is 3.14. The minimum atomic E-state index is -1.34. The number of benzene rings is 2. The van der Waals surface area contributed by atoms with Gasteiger partial charge in [-0.05, 0) is 43.7 Å². The van der Waals surface area contributed by atoms with Crippen molar-refractivity contribution in [3.63, 3.8) is 0 Å². The van der Waals surface area contributed by atoms with Crippen LogP contribution in [0.4, 0.5) is 8.78 Å². The summed E-state index contributed by atoms with van der Waals surface area (Å²) in [6.07, 6.45) is -1.31. The summed E-state index contributed by atoms with van der Waals surface area (Å²) >= 11 is 0. The first-order valence-corrected chi connectivity index (χ1v) is 6.37. The molecule has 1 N–H and O–H groups in total. The fourth-order valence-electron chi connectivity index (χ4n) is 1.94. The van der Waals surface area contributed by atoms with Crippen molar-refractivity contribution in [3.05, 3.63) is 65.2 Å². The third-order valence-corrected chi connectivity index (χ3v) is 2.84. The lowest BCUT2D eigenvalue weighted by Crippen LogP contribution is -2.07. The lowest BCUT2D eigenvalue weighted by Gasteiger charge is -2.15. The Balaban J connectivity index is 2.27. The van der Waals surface area contributed by atoms with Crippen LogP contribution in [0.2, 0.25) is 0 Å². The average Bonchev–Trinajstić information content (AvgIpc) is 2.38. The van der Waals surface area contributed by atoms with Crippen LogP contribution in [0.25, 0.3) is 0 Å². The molecule has 1 unspecified atom stereocenters. The first-order valence-electron chi connectivity index (χ1n) is 6.37. The van der Waals surface area contributed by atoms with E-state index < -0.39 is 17.7 Å². The molecule has 0 saturated heterocycles. The molecule has 0 amide bonds. The van der Waals surface area contributed by atoms with Crippen LogP contribution in [-0.4, -0.2) is 11.2 Å². The lowest BCUT2D eigenvalue weighted by atomic mass is 10.0. The van der Waals surface area contributed by atoms with E-state index in [-0.39, 0.29) is 11.7 Å². The van der Waals surface area contributed by atoms with Crippen LogP contribution in [0.5, 0.6) is 5.75 Å². The highest BCUT2D eigenvalue weighted by Crippen LogP contribution is 2.28. The zero-order valence-electron chi connectivity index (χ0n) is 11.3. The topological polar surface area (TPSA) is 29.5 Å². The smallest absolute Gasteiger partial charge is 0.132 e. The molecule has 20 heavy (non-hydrogen) atoms. The highest BCUT2D eigenvalue weighted by Gasteiger charge is 2.19. The Labute approximate surface area is 116 Å². The van der Waals surface area contributed by atoms with E-state index in [4.69, 9.17) is 4.74 Å². The number of aliphatic hydroxyl groups is 1. The SMILES string of the molecule is CC(C)Oc1ccc(C(O)c2c(F)cccc2F)cc1. The van der Waals surface area contributed by atoms with Gasteiger partial charge in [-0.2, -0.15) is 0 Å². The number of hydrogen-bond donors (Lipinski definition) is 1. The summed E-state index contributed by atoms with van der Waals surface area (Å²) in [6.45, 7) is 3.80. The fraction of sp³-hybridized carbons (Fsp3) is 0.250. The Bertz CT molecular complexity index is 559. The highest BCUT2D eigenvalue weighted by molar-refractivity contribution is 5.35. The molecule has 4 heteroatoms. The third-order valence-electron chi connectivity index (χ3n) is 2.84. The van der Waals surface area contributed by atoms with Crippen molar-refractivity contribution in [1.29, 1.82) is 0 Å². The second-order valence-corrected chi connectivity index (χ2v) is 4.77. The molecule has 1 atom stereocenters. The minimum absolute atomic E-state index is 0.0368. The number of rotatable bonds is 4. The molecule has 0 heterocycles. The van der Waals surface area contributed by atoms with Crippen LogP contribution in [0.3, 0.4) is 0 Å². The summed E-state index contributed by atoms with van der Waals surface area (Å²) in [5, 5.41) is 10.1. The molecule has 0 bridgehead atoms. The van der Waals surface area contributed by atoms with Gasteiger partial charge in [0, 0.05) is 0 Å². The highest BCUT2D eigenvalue weighted by atomic mass is 19.1. The van der Waals surface area contributed by atoms with Crippen LogP contribution < -0.4 is 4.74 Å². The maximum absolute atomic E-state index is 13.6. The second-order valence-electron chi connectivity index (χ2n) is 4.77. The molecule has 2 aromatic carbocycles. The molecule has 0 aliphatic rings. The van der Waals surface area contributed by atoms with Gasteiger partial charge < -0.3 is 9.84 Å². The molecule has 0 radical (unpaired) electrons. The van der Waals surface area contributed by atoms with E-state index in [1.54, 1.807) is 24.3 Å². The van der Waals surface area contributed by atoms with Gasteiger partial charge in [-0.15, -0.1) is 0 Å². The summed E-state index contributed by atoms with van der Waals surface area (Å²) in [5.41, 5.74) is 0.0649. The minimum Gasteiger partial charge on any atom is -0.491 e. The van der Waals surface area contributed by atoms with Gasteiger partial charge in [0.25, 0.3) is 0 Å². The Hall–Kier alpha value is -1.94. The molecule has 0 aromatic heterocycles. The predicted octanol–water partition coefficient (Wildman–Crippen LogP) is 3.83. The van der Waals surface area contributed by atoms with Crippen LogP contribution in [0.15, 0.2) is 42.5 Å². The van der Waals surface area contributed by atoms with Gasteiger partial charge >= 0.3 is 0 Å². The molecule has 2 aromatic rings. The molecule has 106 valence electrons. The number of ether oxygens (including phenoxy) is 1. The summed E-state index contributed by atoms with van der Waals surface area (Å²) in [4.78, 5) is 0. The maximum atomic E-state index is 13.6. The zero-order valence-corrected chi connectivity index (χ0v) is 11.3. The summed E-state index contributed by atoms with van der Waals surface area (Å²) in [7, 11) is 0. The average molecular weight is 278 g/mol. The van der Waals surface area contributed by atoms with E-state index >= 15 is 0 Å². The van der Waals surface area contributed by atoms with E-state index in [1.165, 1.54) is 6.07 Å². The van der Waals surface area contributed by atoms with E-state index in [9.17, 15) is 13.9 Å². The quantitative estimate of drug-likeness (QED) is 0.921. The molecular weight excluding hydrogens is 262 g/mol.